The van der Waals surface area contributed by atoms with Crippen molar-refractivity contribution >= 4 is 16.9 Å². The molecule has 0 amide bonds. The van der Waals surface area contributed by atoms with E-state index in [4.69, 9.17) is 9.47 Å². The molecule has 2 heterocycles. The van der Waals surface area contributed by atoms with Crippen LogP contribution in [-0.2, 0) is 11.3 Å². The molecular formula is C25H29F2N3O3. The van der Waals surface area contributed by atoms with Crippen molar-refractivity contribution in [3.8, 4) is 5.75 Å². The van der Waals surface area contributed by atoms with Gasteiger partial charge in [-0.05, 0) is 42.3 Å². The highest BCUT2D eigenvalue weighted by Crippen LogP contribution is 2.35. The minimum atomic E-state index is -2.38. The predicted molar refractivity (Wildman–Crippen MR) is 123 cm³/mol. The van der Waals surface area contributed by atoms with Gasteiger partial charge in [0.2, 0.25) is 0 Å². The third-order valence-electron chi connectivity index (χ3n) is 6.38. The van der Waals surface area contributed by atoms with Crippen LogP contribution in [0.3, 0.4) is 0 Å². The number of piperazine rings is 1. The fourth-order valence-electron chi connectivity index (χ4n) is 4.69. The van der Waals surface area contributed by atoms with Crippen molar-refractivity contribution in [3.05, 3.63) is 64.8 Å². The molecule has 33 heavy (non-hydrogen) atoms. The molecule has 1 aromatic heterocycles. The van der Waals surface area contributed by atoms with Gasteiger partial charge in [0, 0.05) is 54.9 Å². The molecule has 0 spiro atoms. The maximum atomic E-state index is 13.1. The van der Waals surface area contributed by atoms with Crippen LogP contribution in [0.2, 0.25) is 0 Å². The second kappa shape index (κ2) is 9.89. The normalized spacial score (nSPS) is 17.6. The summed E-state index contributed by atoms with van der Waals surface area (Å²) >= 11 is 0. The van der Waals surface area contributed by atoms with Crippen LogP contribution < -0.4 is 4.74 Å². The Hall–Kier alpha value is -2.97. The number of nitrogens with one attached hydrogen (secondary N) is 1. The largest absolute Gasteiger partial charge is 0.496 e. The number of alkyl halides is 2. The van der Waals surface area contributed by atoms with Crippen molar-refractivity contribution in [2.75, 3.05) is 40.4 Å². The number of hydrogen-bond donors (Lipinski definition) is 1. The summed E-state index contributed by atoms with van der Waals surface area (Å²) in [5.41, 5.74) is 4.67. The first-order chi connectivity index (χ1) is 15.9. The highest BCUT2D eigenvalue weighted by molar-refractivity contribution is 5.89. The monoisotopic (exact) mass is 457 g/mol. The maximum absolute atomic E-state index is 13.1. The zero-order valence-electron chi connectivity index (χ0n) is 19.1. The SMILES string of the molecule is COC(=O)c1ccc(C2CN(CC(F)F)CCN2Cc2c(OC)cc(C)c3[nH]ccc23)cc1. The molecule has 0 saturated carbocycles. The van der Waals surface area contributed by atoms with E-state index in [1.165, 1.54) is 7.11 Å². The Morgan fingerprint density at radius 2 is 1.94 bits per heavy atom. The Morgan fingerprint density at radius 1 is 1.18 bits per heavy atom. The number of ether oxygens (including phenoxy) is 2. The number of aromatic amines is 1. The highest BCUT2D eigenvalue weighted by Gasteiger charge is 2.31. The molecule has 1 atom stereocenters. The molecule has 1 aliphatic heterocycles. The van der Waals surface area contributed by atoms with E-state index >= 15 is 0 Å². The molecule has 0 radical (unpaired) electrons. The van der Waals surface area contributed by atoms with E-state index in [0.717, 1.165) is 33.3 Å². The summed E-state index contributed by atoms with van der Waals surface area (Å²) in [6.07, 6.45) is -0.458. The molecule has 1 N–H and O–H groups in total. The summed E-state index contributed by atoms with van der Waals surface area (Å²) in [5, 5.41) is 1.10. The second-order valence-electron chi connectivity index (χ2n) is 8.39. The standard InChI is InChI=1S/C25H29F2N3O3/c1-16-12-22(32-2)20(19-8-9-28-24(16)19)13-30-11-10-29(15-23(26)27)14-21(30)17-4-6-18(7-5-17)25(31)33-3/h4-9,12,21,23,28H,10-11,13-15H2,1-3H3. The van der Waals surface area contributed by atoms with Crippen LogP contribution in [0.1, 0.15) is 33.1 Å². The van der Waals surface area contributed by atoms with E-state index < -0.39 is 12.4 Å². The number of nitrogens with zero attached hydrogens (tertiary/aromatic N) is 2. The van der Waals surface area contributed by atoms with Gasteiger partial charge in [-0.15, -0.1) is 0 Å². The smallest absolute Gasteiger partial charge is 0.337 e. The van der Waals surface area contributed by atoms with Crippen molar-refractivity contribution in [2.45, 2.75) is 25.9 Å². The van der Waals surface area contributed by atoms with E-state index in [9.17, 15) is 13.6 Å². The van der Waals surface area contributed by atoms with Crippen LogP contribution >= 0.6 is 0 Å². The number of benzene rings is 2. The Kier molecular flexibility index (Phi) is 6.95. The van der Waals surface area contributed by atoms with Crippen molar-refractivity contribution in [2.24, 2.45) is 0 Å². The molecule has 0 aliphatic carbocycles. The zero-order chi connectivity index (χ0) is 23.5. The molecule has 1 fully saturated rings. The number of H-pyrrole nitrogens is 1. The van der Waals surface area contributed by atoms with Crippen molar-refractivity contribution in [3.63, 3.8) is 0 Å². The number of aryl methyl sites for hydroxylation is 1. The van der Waals surface area contributed by atoms with E-state index in [0.29, 0.717) is 31.7 Å². The quantitative estimate of drug-likeness (QED) is 0.533. The molecule has 1 aliphatic rings. The lowest BCUT2D eigenvalue weighted by molar-refractivity contribution is 0.0245. The predicted octanol–water partition coefficient (Wildman–Crippen LogP) is 4.40. The van der Waals surface area contributed by atoms with Crippen LogP contribution in [0.5, 0.6) is 5.75 Å². The van der Waals surface area contributed by atoms with Gasteiger partial charge in [0.25, 0.3) is 6.43 Å². The third kappa shape index (κ3) is 4.86. The lowest BCUT2D eigenvalue weighted by Gasteiger charge is -2.42. The summed E-state index contributed by atoms with van der Waals surface area (Å²) in [7, 11) is 3.01. The third-order valence-corrected chi connectivity index (χ3v) is 6.38. The summed E-state index contributed by atoms with van der Waals surface area (Å²) in [6, 6.07) is 11.2. The minimum Gasteiger partial charge on any atom is -0.496 e. The van der Waals surface area contributed by atoms with Crippen LogP contribution in [-0.4, -0.2) is 67.6 Å². The van der Waals surface area contributed by atoms with Crippen molar-refractivity contribution in [1.29, 1.82) is 0 Å². The Labute approximate surface area is 192 Å². The van der Waals surface area contributed by atoms with Gasteiger partial charge in [-0.1, -0.05) is 12.1 Å². The number of fused-ring (bicyclic) bond motifs is 1. The summed E-state index contributed by atoms with van der Waals surface area (Å²) in [6.45, 7) is 4.08. The number of aromatic nitrogens is 1. The molecule has 1 unspecified atom stereocenters. The molecule has 1 saturated heterocycles. The first kappa shape index (κ1) is 23.2. The molecule has 4 rings (SSSR count). The molecule has 6 nitrogen and oxygen atoms in total. The van der Waals surface area contributed by atoms with Gasteiger partial charge < -0.3 is 14.5 Å². The summed E-state index contributed by atoms with van der Waals surface area (Å²) in [5.74, 6) is 0.412. The van der Waals surface area contributed by atoms with E-state index in [1.807, 2.05) is 37.4 Å². The Bertz CT molecular complexity index is 1110. The van der Waals surface area contributed by atoms with E-state index in [1.54, 1.807) is 24.1 Å². The molecule has 0 bridgehead atoms. The van der Waals surface area contributed by atoms with Gasteiger partial charge in [-0.2, -0.15) is 0 Å². The van der Waals surface area contributed by atoms with Crippen molar-refractivity contribution in [1.82, 2.24) is 14.8 Å². The molecule has 3 aromatic rings. The van der Waals surface area contributed by atoms with Crippen LogP contribution in [0, 0.1) is 6.92 Å². The number of carbonyl (C=O) groups is 1. The van der Waals surface area contributed by atoms with Gasteiger partial charge in [0.05, 0.1) is 26.3 Å². The first-order valence-electron chi connectivity index (χ1n) is 11.0. The number of halogens is 2. The topological polar surface area (TPSA) is 57.8 Å². The number of hydrogen-bond acceptors (Lipinski definition) is 5. The number of rotatable bonds is 7. The maximum Gasteiger partial charge on any atom is 0.337 e. The average molecular weight is 458 g/mol. The van der Waals surface area contributed by atoms with Gasteiger partial charge >= 0.3 is 5.97 Å². The number of carbonyl (C=O) groups excluding carboxylic acids is 1. The lowest BCUT2D eigenvalue weighted by Crippen LogP contribution is -2.49. The fourth-order valence-corrected chi connectivity index (χ4v) is 4.69. The van der Waals surface area contributed by atoms with Gasteiger partial charge in [0.1, 0.15) is 5.75 Å². The van der Waals surface area contributed by atoms with Gasteiger partial charge in [-0.3, -0.25) is 9.80 Å². The average Bonchev–Trinajstić information content (AvgIpc) is 3.31. The van der Waals surface area contributed by atoms with Crippen LogP contribution in [0.15, 0.2) is 42.6 Å². The second-order valence-corrected chi connectivity index (χ2v) is 8.39. The van der Waals surface area contributed by atoms with Gasteiger partial charge in [-0.25, -0.2) is 13.6 Å². The Morgan fingerprint density at radius 3 is 2.61 bits per heavy atom. The van der Waals surface area contributed by atoms with Crippen molar-refractivity contribution < 1.29 is 23.0 Å². The number of esters is 1. The molecular weight excluding hydrogens is 428 g/mol. The molecule has 176 valence electrons. The molecule has 2 aromatic carbocycles. The van der Waals surface area contributed by atoms with E-state index in [-0.39, 0.29) is 12.6 Å². The minimum absolute atomic E-state index is 0.107. The summed E-state index contributed by atoms with van der Waals surface area (Å²) < 4.78 is 36.8. The zero-order valence-corrected chi connectivity index (χ0v) is 19.1. The number of methoxy groups -OCH3 is 2. The van der Waals surface area contributed by atoms with Crippen LogP contribution in [0.25, 0.3) is 10.9 Å². The highest BCUT2D eigenvalue weighted by atomic mass is 19.3. The first-order valence-corrected chi connectivity index (χ1v) is 11.0. The van der Waals surface area contributed by atoms with E-state index in [2.05, 4.69) is 9.88 Å². The van der Waals surface area contributed by atoms with Gasteiger partial charge in [0.15, 0.2) is 0 Å². The lowest BCUT2D eigenvalue weighted by atomic mass is 9.98. The Balaban J connectivity index is 1.67. The van der Waals surface area contributed by atoms with Crippen LogP contribution in [0.4, 0.5) is 8.78 Å². The molecule has 8 heteroatoms. The fraction of sp³-hybridized carbons (Fsp3) is 0.400. The summed E-state index contributed by atoms with van der Waals surface area (Å²) in [4.78, 5) is 19.2.